The molecule has 0 aliphatic rings. The van der Waals surface area contributed by atoms with E-state index in [1.807, 2.05) is 30.3 Å². The highest BCUT2D eigenvalue weighted by atomic mass is 16.5. The molecule has 0 spiro atoms. The van der Waals surface area contributed by atoms with Crippen molar-refractivity contribution in [2.75, 3.05) is 17.7 Å². The zero-order chi connectivity index (χ0) is 21.3. The third kappa shape index (κ3) is 5.71. The minimum Gasteiger partial charge on any atom is -0.497 e. The first kappa shape index (κ1) is 20.7. The molecule has 2 aromatic carbocycles. The SMILES string of the molecule is COc1ccc(NC(=O)Cn2cccc(NC(=O)OCc3ccccc3)c2=O)cc1. The second-order valence-corrected chi connectivity index (χ2v) is 6.32. The number of anilines is 2. The third-order valence-corrected chi connectivity index (χ3v) is 4.16. The van der Waals surface area contributed by atoms with Crippen LogP contribution in [0.25, 0.3) is 0 Å². The summed E-state index contributed by atoms with van der Waals surface area (Å²) in [5.41, 5.74) is 0.910. The number of ether oxygens (including phenoxy) is 2. The van der Waals surface area contributed by atoms with Gasteiger partial charge in [-0.15, -0.1) is 0 Å². The largest absolute Gasteiger partial charge is 0.497 e. The maximum Gasteiger partial charge on any atom is 0.412 e. The highest BCUT2D eigenvalue weighted by molar-refractivity contribution is 5.90. The number of rotatable bonds is 7. The number of nitrogens with one attached hydrogen (secondary N) is 2. The summed E-state index contributed by atoms with van der Waals surface area (Å²) < 4.78 is 11.4. The van der Waals surface area contributed by atoms with Gasteiger partial charge < -0.3 is 19.4 Å². The van der Waals surface area contributed by atoms with E-state index in [-0.39, 0.29) is 24.7 Å². The van der Waals surface area contributed by atoms with Gasteiger partial charge in [0.1, 0.15) is 24.6 Å². The van der Waals surface area contributed by atoms with Crippen LogP contribution in [0.3, 0.4) is 0 Å². The van der Waals surface area contributed by atoms with E-state index in [9.17, 15) is 14.4 Å². The molecular formula is C22H21N3O5. The number of methoxy groups -OCH3 is 1. The molecule has 2 amide bonds. The highest BCUT2D eigenvalue weighted by Crippen LogP contribution is 2.15. The molecule has 1 aromatic heterocycles. The van der Waals surface area contributed by atoms with Gasteiger partial charge >= 0.3 is 6.09 Å². The number of nitrogens with zero attached hydrogens (tertiary/aromatic N) is 1. The Balaban J connectivity index is 1.58. The molecule has 30 heavy (non-hydrogen) atoms. The van der Waals surface area contributed by atoms with Crippen molar-refractivity contribution in [3.8, 4) is 5.75 Å². The Kier molecular flexibility index (Phi) is 6.83. The standard InChI is InChI=1S/C22H21N3O5/c1-29-18-11-9-17(10-12-18)23-20(26)14-25-13-5-8-19(21(25)27)24-22(28)30-15-16-6-3-2-4-7-16/h2-13H,14-15H2,1H3,(H,23,26)(H,24,28). The zero-order valence-corrected chi connectivity index (χ0v) is 16.3. The minimum atomic E-state index is -0.753. The smallest absolute Gasteiger partial charge is 0.412 e. The van der Waals surface area contributed by atoms with E-state index in [0.29, 0.717) is 11.4 Å². The minimum absolute atomic E-state index is 0.0211. The summed E-state index contributed by atoms with van der Waals surface area (Å²) in [6.45, 7) is -0.128. The van der Waals surface area contributed by atoms with Gasteiger partial charge in [-0.25, -0.2) is 4.79 Å². The van der Waals surface area contributed by atoms with Crippen molar-refractivity contribution < 1.29 is 19.1 Å². The van der Waals surface area contributed by atoms with Crippen molar-refractivity contribution in [3.05, 3.63) is 88.8 Å². The summed E-state index contributed by atoms with van der Waals surface area (Å²) in [6.07, 6.45) is 0.715. The third-order valence-electron chi connectivity index (χ3n) is 4.16. The van der Waals surface area contributed by atoms with Crippen LogP contribution in [0.2, 0.25) is 0 Å². The average Bonchev–Trinajstić information content (AvgIpc) is 2.76. The molecular weight excluding hydrogens is 386 g/mol. The van der Waals surface area contributed by atoms with Crippen LogP contribution < -0.4 is 20.9 Å². The average molecular weight is 407 g/mol. The molecule has 8 heteroatoms. The predicted octanol–water partition coefficient (Wildman–Crippen LogP) is 3.24. The van der Waals surface area contributed by atoms with Crippen LogP contribution in [0.15, 0.2) is 77.7 Å². The van der Waals surface area contributed by atoms with Gasteiger partial charge in [-0.05, 0) is 42.0 Å². The number of hydrogen-bond donors (Lipinski definition) is 2. The van der Waals surface area contributed by atoms with Crippen molar-refractivity contribution in [1.29, 1.82) is 0 Å². The summed E-state index contributed by atoms with van der Waals surface area (Å²) >= 11 is 0. The fourth-order valence-electron chi connectivity index (χ4n) is 2.66. The lowest BCUT2D eigenvalue weighted by Gasteiger charge is -2.10. The van der Waals surface area contributed by atoms with E-state index in [4.69, 9.17) is 9.47 Å². The molecule has 0 saturated heterocycles. The summed E-state index contributed by atoms with van der Waals surface area (Å²) in [5.74, 6) is 0.285. The molecule has 3 aromatic rings. The van der Waals surface area contributed by atoms with Gasteiger partial charge in [0.15, 0.2) is 0 Å². The zero-order valence-electron chi connectivity index (χ0n) is 16.3. The number of carbonyl (C=O) groups excluding carboxylic acids is 2. The summed E-state index contributed by atoms with van der Waals surface area (Å²) in [5, 5.41) is 5.12. The van der Waals surface area contributed by atoms with E-state index < -0.39 is 11.7 Å². The van der Waals surface area contributed by atoms with Gasteiger partial charge in [-0.1, -0.05) is 30.3 Å². The molecule has 0 radical (unpaired) electrons. The number of carbonyl (C=O) groups is 2. The number of pyridine rings is 1. The fraction of sp³-hybridized carbons (Fsp3) is 0.136. The van der Waals surface area contributed by atoms with Crippen LogP contribution in [-0.2, 0) is 22.7 Å². The lowest BCUT2D eigenvalue weighted by molar-refractivity contribution is -0.116. The monoisotopic (exact) mass is 407 g/mol. The number of aromatic nitrogens is 1. The Bertz CT molecular complexity index is 1060. The Labute approximate surface area is 173 Å². The first-order valence-corrected chi connectivity index (χ1v) is 9.16. The summed E-state index contributed by atoms with van der Waals surface area (Å²) in [4.78, 5) is 36.8. The Morgan fingerprint density at radius 1 is 0.933 bits per heavy atom. The topological polar surface area (TPSA) is 98.7 Å². The second kappa shape index (κ2) is 9.92. The van der Waals surface area contributed by atoms with E-state index in [0.717, 1.165) is 5.56 Å². The van der Waals surface area contributed by atoms with Crippen molar-refractivity contribution in [1.82, 2.24) is 4.57 Å². The van der Waals surface area contributed by atoms with Gasteiger partial charge in [0, 0.05) is 11.9 Å². The fourth-order valence-corrected chi connectivity index (χ4v) is 2.66. The van der Waals surface area contributed by atoms with E-state index in [2.05, 4.69) is 10.6 Å². The van der Waals surface area contributed by atoms with E-state index in [1.165, 1.54) is 16.8 Å². The predicted molar refractivity (Wildman–Crippen MR) is 113 cm³/mol. The normalized spacial score (nSPS) is 10.2. The molecule has 2 N–H and O–H groups in total. The number of benzene rings is 2. The molecule has 0 fully saturated rings. The van der Waals surface area contributed by atoms with E-state index in [1.54, 1.807) is 37.4 Å². The van der Waals surface area contributed by atoms with Crippen LogP contribution in [0, 0.1) is 0 Å². The summed E-state index contributed by atoms with van der Waals surface area (Å²) in [7, 11) is 1.55. The molecule has 3 rings (SSSR count). The van der Waals surface area contributed by atoms with Gasteiger partial charge in [0.2, 0.25) is 5.91 Å². The molecule has 154 valence electrons. The van der Waals surface area contributed by atoms with Crippen molar-refractivity contribution in [2.24, 2.45) is 0 Å². The summed E-state index contributed by atoms with van der Waals surface area (Å²) in [6, 6.07) is 19.0. The van der Waals surface area contributed by atoms with Crippen LogP contribution in [0.1, 0.15) is 5.56 Å². The van der Waals surface area contributed by atoms with Gasteiger partial charge in [0.05, 0.1) is 7.11 Å². The highest BCUT2D eigenvalue weighted by Gasteiger charge is 2.11. The second-order valence-electron chi connectivity index (χ2n) is 6.32. The van der Waals surface area contributed by atoms with Gasteiger partial charge in [0.25, 0.3) is 5.56 Å². The first-order valence-electron chi connectivity index (χ1n) is 9.16. The Morgan fingerprint density at radius 2 is 1.67 bits per heavy atom. The van der Waals surface area contributed by atoms with Crippen LogP contribution >= 0.6 is 0 Å². The van der Waals surface area contributed by atoms with Crippen LogP contribution in [0.5, 0.6) is 5.75 Å². The Morgan fingerprint density at radius 3 is 2.37 bits per heavy atom. The molecule has 0 atom stereocenters. The first-order chi connectivity index (χ1) is 14.5. The maximum atomic E-state index is 12.5. The van der Waals surface area contributed by atoms with Gasteiger partial charge in [-0.2, -0.15) is 0 Å². The lowest BCUT2D eigenvalue weighted by atomic mass is 10.2. The molecule has 1 heterocycles. The molecule has 8 nitrogen and oxygen atoms in total. The van der Waals surface area contributed by atoms with Crippen LogP contribution in [0.4, 0.5) is 16.2 Å². The number of amides is 2. The molecule has 0 aliphatic heterocycles. The van der Waals surface area contributed by atoms with Crippen molar-refractivity contribution in [2.45, 2.75) is 13.2 Å². The Hall–Kier alpha value is -4.07. The van der Waals surface area contributed by atoms with Gasteiger partial charge in [-0.3, -0.25) is 14.9 Å². The number of hydrogen-bond acceptors (Lipinski definition) is 5. The molecule has 0 unspecified atom stereocenters. The maximum absolute atomic E-state index is 12.5. The van der Waals surface area contributed by atoms with Crippen molar-refractivity contribution in [3.63, 3.8) is 0 Å². The quantitative estimate of drug-likeness (QED) is 0.627. The lowest BCUT2D eigenvalue weighted by Crippen LogP contribution is -2.30. The molecule has 0 bridgehead atoms. The van der Waals surface area contributed by atoms with E-state index >= 15 is 0 Å². The van der Waals surface area contributed by atoms with Crippen molar-refractivity contribution >= 4 is 23.4 Å². The molecule has 0 saturated carbocycles. The molecule has 0 aliphatic carbocycles. The van der Waals surface area contributed by atoms with Crippen LogP contribution in [-0.4, -0.2) is 23.7 Å².